The molecule has 3 heteroatoms. The molecule has 21 heavy (non-hydrogen) atoms. The van der Waals surface area contributed by atoms with Gasteiger partial charge in [0, 0.05) is 24.6 Å². The minimum absolute atomic E-state index is 0.507. The summed E-state index contributed by atoms with van der Waals surface area (Å²) in [5.41, 5.74) is 5.44. The van der Waals surface area contributed by atoms with Crippen molar-refractivity contribution >= 4 is 27.3 Å². The zero-order chi connectivity index (χ0) is 14.8. The van der Waals surface area contributed by atoms with E-state index in [0.29, 0.717) is 6.04 Å². The van der Waals surface area contributed by atoms with E-state index in [1.54, 1.807) is 0 Å². The van der Waals surface area contributed by atoms with Gasteiger partial charge in [-0.05, 0) is 48.6 Å². The maximum Gasteiger partial charge on any atom is 0.0597 e. The average Bonchev–Trinajstić information content (AvgIpc) is 2.47. The minimum Gasteiger partial charge on any atom is -0.380 e. The molecule has 0 amide bonds. The predicted molar refractivity (Wildman–Crippen MR) is 94.3 cm³/mol. The number of nitrogens with zero attached hydrogens (tertiary/aromatic N) is 1. The number of aryl methyl sites for hydroxylation is 1. The average molecular weight is 345 g/mol. The fourth-order valence-corrected chi connectivity index (χ4v) is 3.42. The number of fused-ring (bicyclic) bond motifs is 1. The number of rotatable bonds is 3. The fourth-order valence-electron chi connectivity index (χ4n) is 3.05. The van der Waals surface area contributed by atoms with Crippen LogP contribution in [0.5, 0.6) is 0 Å². The highest BCUT2D eigenvalue weighted by Gasteiger charge is 2.19. The molecular weight excluding hydrogens is 324 g/mol. The van der Waals surface area contributed by atoms with Crippen LogP contribution in [0.4, 0.5) is 11.4 Å². The number of anilines is 2. The van der Waals surface area contributed by atoms with E-state index in [0.717, 1.165) is 10.9 Å². The Bertz CT molecular complexity index is 637. The molecule has 0 saturated carbocycles. The molecule has 0 spiro atoms. The van der Waals surface area contributed by atoms with Crippen LogP contribution in [0.1, 0.15) is 17.5 Å². The Labute approximate surface area is 135 Å². The molecule has 0 aromatic heterocycles. The molecule has 0 fully saturated rings. The lowest BCUT2D eigenvalue weighted by atomic mass is 9.88. The number of halogens is 1. The van der Waals surface area contributed by atoms with E-state index in [-0.39, 0.29) is 0 Å². The second kappa shape index (κ2) is 6.10. The van der Waals surface area contributed by atoms with Crippen LogP contribution in [0.25, 0.3) is 0 Å². The largest absolute Gasteiger partial charge is 0.380 e. The molecule has 0 heterocycles. The summed E-state index contributed by atoms with van der Waals surface area (Å²) in [4.78, 5) is 2.16. The Morgan fingerprint density at radius 2 is 1.86 bits per heavy atom. The van der Waals surface area contributed by atoms with Crippen LogP contribution in [-0.4, -0.2) is 20.1 Å². The molecule has 110 valence electrons. The molecule has 1 N–H and O–H groups in total. The third-order valence-electron chi connectivity index (χ3n) is 4.15. The van der Waals surface area contributed by atoms with Gasteiger partial charge in [0.25, 0.3) is 0 Å². The molecular formula is C18H21BrN2. The molecule has 1 aliphatic rings. The van der Waals surface area contributed by atoms with Crippen LogP contribution in [0.15, 0.2) is 46.9 Å². The Kier molecular flexibility index (Phi) is 4.20. The summed E-state index contributed by atoms with van der Waals surface area (Å²) in [6.07, 6.45) is 3.46. The van der Waals surface area contributed by atoms with Crippen LogP contribution in [0.2, 0.25) is 0 Å². The number of nitrogens with one attached hydrogen (secondary N) is 1. The maximum atomic E-state index is 3.74. The fraction of sp³-hybridized carbons (Fsp3) is 0.333. The van der Waals surface area contributed by atoms with Gasteiger partial charge in [0.2, 0.25) is 0 Å². The lowest BCUT2D eigenvalue weighted by Crippen LogP contribution is -2.28. The number of benzene rings is 2. The highest BCUT2D eigenvalue weighted by molar-refractivity contribution is 9.10. The summed E-state index contributed by atoms with van der Waals surface area (Å²) in [6, 6.07) is 15.7. The lowest BCUT2D eigenvalue weighted by Gasteiger charge is -2.28. The van der Waals surface area contributed by atoms with E-state index in [9.17, 15) is 0 Å². The SMILES string of the molecule is CN(C)c1ccc(Br)cc1NC1CCc2ccccc2C1. The van der Waals surface area contributed by atoms with Crippen molar-refractivity contribution in [3.63, 3.8) is 0 Å². The molecule has 0 bridgehead atoms. The van der Waals surface area contributed by atoms with Gasteiger partial charge in [-0.2, -0.15) is 0 Å². The summed E-state index contributed by atoms with van der Waals surface area (Å²) < 4.78 is 1.12. The van der Waals surface area contributed by atoms with Gasteiger partial charge < -0.3 is 10.2 Å². The van der Waals surface area contributed by atoms with E-state index >= 15 is 0 Å². The van der Waals surface area contributed by atoms with Gasteiger partial charge in [-0.3, -0.25) is 0 Å². The topological polar surface area (TPSA) is 15.3 Å². The van der Waals surface area contributed by atoms with Crippen LogP contribution in [0.3, 0.4) is 0 Å². The third kappa shape index (κ3) is 3.24. The summed E-state index contributed by atoms with van der Waals surface area (Å²) >= 11 is 3.58. The van der Waals surface area contributed by atoms with E-state index in [4.69, 9.17) is 0 Å². The Morgan fingerprint density at radius 1 is 1.10 bits per heavy atom. The Hall–Kier alpha value is -1.48. The van der Waals surface area contributed by atoms with Crippen molar-refractivity contribution in [2.24, 2.45) is 0 Å². The molecule has 0 saturated heterocycles. The van der Waals surface area contributed by atoms with Crippen molar-refractivity contribution in [2.75, 3.05) is 24.3 Å². The normalized spacial score (nSPS) is 17.2. The maximum absolute atomic E-state index is 3.74. The quantitative estimate of drug-likeness (QED) is 0.882. The standard InChI is InChI=1S/C18H21BrN2/c1-21(2)18-10-8-15(19)12-17(18)20-16-9-7-13-5-3-4-6-14(13)11-16/h3-6,8,10,12,16,20H,7,9,11H2,1-2H3. The highest BCUT2D eigenvalue weighted by atomic mass is 79.9. The molecule has 2 aromatic carbocycles. The van der Waals surface area contributed by atoms with Gasteiger partial charge in [0.15, 0.2) is 0 Å². The third-order valence-corrected chi connectivity index (χ3v) is 4.64. The van der Waals surface area contributed by atoms with Crippen LogP contribution < -0.4 is 10.2 Å². The van der Waals surface area contributed by atoms with Gasteiger partial charge in [-0.15, -0.1) is 0 Å². The Morgan fingerprint density at radius 3 is 2.62 bits per heavy atom. The lowest BCUT2D eigenvalue weighted by molar-refractivity contribution is 0.611. The van der Waals surface area contributed by atoms with Gasteiger partial charge in [-0.25, -0.2) is 0 Å². The number of hydrogen-bond acceptors (Lipinski definition) is 2. The highest BCUT2D eigenvalue weighted by Crippen LogP contribution is 2.31. The van der Waals surface area contributed by atoms with Gasteiger partial charge in [0.05, 0.1) is 11.4 Å². The molecule has 1 aliphatic carbocycles. The smallest absolute Gasteiger partial charge is 0.0597 e. The summed E-state index contributed by atoms with van der Waals surface area (Å²) in [6.45, 7) is 0. The van der Waals surface area contributed by atoms with Gasteiger partial charge in [-0.1, -0.05) is 40.2 Å². The summed E-state index contributed by atoms with van der Waals surface area (Å²) in [5, 5.41) is 3.74. The molecule has 3 rings (SSSR count). The first-order valence-corrected chi connectivity index (χ1v) is 8.23. The molecule has 2 aromatic rings. The van der Waals surface area contributed by atoms with Crippen molar-refractivity contribution < 1.29 is 0 Å². The van der Waals surface area contributed by atoms with E-state index in [1.165, 1.54) is 35.3 Å². The molecule has 0 radical (unpaired) electrons. The molecule has 2 nitrogen and oxygen atoms in total. The minimum atomic E-state index is 0.507. The first-order chi connectivity index (χ1) is 10.1. The van der Waals surface area contributed by atoms with Crippen molar-refractivity contribution in [3.05, 3.63) is 58.1 Å². The first-order valence-electron chi connectivity index (χ1n) is 7.43. The van der Waals surface area contributed by atoms with E-state index in [2.05, 4.69) is 82.7 Å². The van der Waals surface area contributed by atoms with Crippen molar-refractivity contribution in [3.8, 4) is 0 Å². The monoisotopic (exact) mass is 344 g/mol. The Balaban J connectivity index is 1.81. The second-order valence-electron chi connectivity index (χ2n) is 5.91. The van der Waals surface area contributed by atoms with Crippen molar-refractivity contribution in [1.82, 2.24) is 0 Å². The van der Waals surface area contributed by atoms with Gasteiger partial charge in [0.1, 0.15) is 0 Å². The molecule has 1 unspecified atom stereocenters. The zero-order valence-electron chi connectivity index (χ0n) is 12.6. The summed E-state index contributed by atoms with van der Waals surface area (Å²) in [5.74, 6) is 0. The first kappa shape index (κ1) is 14.5. The van der Waals surface area contributed by atoms with E-state index in [1.807, 2.05) is 0 Å². The predicted octanol–water partition coefficient (Wildman–Crippen LogP) is 4.48. The summed E-state index contributed by atoms with van der Waals surface area (Å²) in [7, 11) is 4.18. The van der Waals surface area contributed by atoms with Gasteiger partial charge >= 0.3 is 0 Å². The molecule has 1 atom stereocenters. The molecule has 0 aliphatic heterocycles. The van der Waals surface area contributed by atoms with Crippen molar-refractivity contribution in [1.29, 1.82) is 0 Å². The number of hydrogen-bond donors (Lipinski definition) is 1. The van der Waals surface area contributed by atoms with E-state index < -0.39 is 0 Å². The van der Waals surface area contributed by atoms with Crippen LogP contribution >= 0.6 is 15.9 Å². The zero-order valence-corrected chi connectivity index (χ0v) is 14.2. The van der Waals surface area contributed by atoms with Crippen LogP contribution in [0, 0.1) is 0 Å². The second-order valence-corrected chi connectivity index (χ2v) is 6.82. The van der Waals surface area contributed by atoms with Crippen LogP contribution in [-0.2, 0) is 12.8 Å². The van der Waals surface area contributed by atoms with Crippen molar-refractivity contribution in [2.45, 2.75) is 25.3 Å².